The third-order valence-corrected chi connectivity index (χ3v) is 2.93. The molecule has 0 saturated carbocycles. The van der Waals surface area contributed by atoms with Crippen LogP contribution in [0.5, 0.6) is 0 Å². The molecule has 90 valence electrons. The van der Waals surface area contributed by atoms with E-state index in [1.54, 1.807) is 29.5 Å². The standard InChI is InChI=1S/C14H12N2O2/c17-14(6-5-12-4-2-8-18-12)16-9-11-3-1-7-15-13(11)10-16/h1-8H,9-10H2/b6-5+. The molecule has 0 spiro atoms. The number of furan rings is 1. The molecule has 2 aromatic heterocycles. The van der Waals surface area contributed by atoms with Gasteiger partial charge in [-0.05, 0) is 29.8 Å². The number of nitrogens with zero attached hydrogens (tertiary/aromatic N) is 2. The van der Waals surface area contributed by atoms with Gasteiger partial charge in [0.1, 0.15) is 5.76 Å². The Bertz CT molecular complexity index is 563. The molecule has 1 aliphatic rings. The number of fused-ring (bicyclic) bond motifs is 1. The topological polar surface area (TPSA) is 46.3 Å². The molecule has 2 aromatic rings. The summed E-state index contributed by atoms with van der Waals surface area (Å²) < 4.78 is 5.14. The van der Waals surface area contributed by atoms with E-state index < -0.39 is 0 Å². The maximum Gasteiger partial charge on any atom is 0.247 e. The van der Waals surface area contributed by atoms with Gasteiger partial charge in [0.2, 0.25) is 5.91 Å². The molecule has 0 bridgehead atoms. The lowest BCUT2D eigenvalue weighted by atomic mass is 10.2. The first-order valence-electron chi connectivity index (χ1n) is 5.76. The smallest absolute Gasteiger partial charge is 0.247 e. The zero-order valence-corrected chi connectivity index (χ0v) is 9.74. The minimum absolute atomic E-state index is 0.0237. The fourth-order valence-electron chi connectivity index (χ4n) is 2.00. The third kappa shape index (κ3) is 2.05. The van der Waals surface area contributed by atoms with E-state index in [2.05, 4.69) is 4.98 Å². The van der Waals surface area contributed by atoms with Crippen molar-refractivity contribution >= 4 is 12.0 Å². The van der Waals surface area contributed by atoms with E-state index >= 15 is 0 Å². The van der Waals surface area contributed by atoms with Crippen LogP contribution < -0.4 is 0 Å². The van der Waals surface area contributed by atoms with Crippen LogP contribution in [0, 0.1) is 0 Å². The zero-order valence-electron chi connectivity index (χ0n) is 9.74. The van der Waals surface area contributed by atoms with Gasteiger partial charge in [-0.25, -0.2) is 0 Å². The number of carbonyl (C=O) groups is 1. The predicted molar refractivity (Wildman–Crippen MR) is 66.2 cm³/mol. The summed E-state index contributed by atoms with van der Waals surface area (Å²) in [7, 11) is 0. The SMILES string of the molecule is O=C(/C=C/c1ccco1)N1Cc2cccnc2C1. The molecule has 3 rings (SSSR count). The average Bonchev–Trinajstić information content (AvgIpc) is 3.04. The molecule has 0 radical (unpaired) electrons. The lowest BCUT2D eigenvalue weighted by Gasteiger charge is -2.11. The summed E-state index contributed by atoms with van der Waals surface area (Å²) in [6.07, 6.45) is 6.55. The largest absolute Gasteiger partial charge is 0.465 e. The highest BCUT2D eigenvalue weighted by atomic mass is 16.3. The van der Waals surface area contributed by atoms with Crippen molar-refractivity contribution in [1.82, 2.24) is 9.88 Å². The van der Waals surface area contributed by atoms with E-state index in [-0.39, 0.29) is 5.91 Å². The summed E-state index contributed by atoms with van der Waals surface area (Å²) in [5.74, 6) is 0.655. The van der Waals surface area contributed by atoms with Crippen LogP contribution >= 0.6 is 0 Å². The van der Waals surface area contributed by atoms with Crippen molar-refractivity contribution in [3.05, 3.63) is 59.8 Å². The van der Waals surface area contributed by atoms with Crippen molar-refractivity contribution in [1.29, 1.82) is 0 Å². The Morgan fingerprint density at radius 3 is 3.06 bits per heavy atom. The molecule has 3 heterocycles. The van der Waals surface area contributed by atoms with Crippen LogP contribution in [0.2, 0.25) is 0 Å². The Balaban J connectivity index is 1.69. The first-order chi connectivity index (χ1) is 8.83. The van der Waals surface area contributed by atoms with Gasteiger partial charge in [0.05, 0.1) is 18.5 Å². The zero-order chi connectivity index (χ0) is 12.4. The van der Waals surface area contributed by atoms with E-state index in [1.807, 2.05) is 18.2 Å². The van der Waals surface area contributed by atoms with Crippen LogP contribution in [-0.2, 0) is 17.9 Å². The normalized spacial score (nSPS) is 14.1. The second-order valence-corrected chi connectivity index (χ2v) is 4.15. The van der Waals surface area contributed by atoms with Crippen LogP contribution in [0.3, 0.4) is 0 Å². The highest BCUT2D eigenvalue weighted by Crippen LogP contribution is 2.20. The van der Waals surface area contributed by atoms with Gasteiger partial charge < -0.3 is 9.32 Å². The van der Waals surface area contributed by atoms with Crippen molar-refractivity contribution in [3.63, 3.8) is 0 Å². The Kier molecular flexibility index (Phi) is 2.68. The Morgan fingerprint density at radius 2 is 2.28 bits per heavy atom. The van der Waals surface area contributed by atoms with Gasteiger partial charge in [0.15, 0.2) is 0 Å². The number of carbonyl (C=O) groups excluding carboxylic acids is 1. The molecule has 0 N–H and O–H groups in total. The average molecular weight is 240 g/mol. The number of hydrogen-bond acceptors (Lipinski definition) is 3. The summed E-state index contributed by atoms with van der Waals surface area (Å²) in [4.78, 5) is 18.0. The van der Waals surface area contributed by atoms with E-state index in [9.17, 15) is 4.79 Å². The maximum atomic E-state index is 12.0. The summed E-state index contributed by atoms with van der Waals surface area (Å²) in [6.45, 7) is 1.21. The molecule has 0 saturated heterocycles. The highest BCUT2D eigenvalue weighted by Gasteiger charge is 2.22. The molecule has 0 fully saturated rings. The Labute approximate surface area is 105 Å². The van der Waals surface area contributed by atoms with E-state index in [4.69, 9.17) is 4.42 Å². The van der Waals surface area contributed by atoms with Crippen LogP contribution in [0.4, 0.5) is 0 Å². The van der Waals surface area contributed by atoms with Gasteiger partial charge in [-0.2, -0.15) is 0 Å². The molecule has 0 unspecified atom stereocenters. The van der Waals surface area contributed by atoms with Crippen molar-refractivity contribution in [2.24, 2.45) is 0 Å². The molecule has 1 amide bonds. The van der Waals surface area contributed by atoms with Crippen molar-refractivity contribution in [2.75, 3.05) is 0 Å². The van der Waals surface area contributed by atoms with Gasteiger partial charge in [-0.15, -0.1) is 0 Å². The highest BCUT2D eigenvalue weighted by molar-refractivity contribution is 5.91. The van der Waals surface area contributed by atoms with Crippen LogP contribution in [0.1, 0.15) is 17.0 Å². The molecule has 18 heavy (non-hydrogen) atoms. The van der Waals surface area contributed by atoms with Crippen LogP contribution in [-0.4, -0.2) is 15.8 Å². The van der Waals surface area contributed by atoms with E-state index in [1.165, 1.54) is 6.08 Å². The summed E-state index contributed by atoms with van der Waals surface area (Å²) in [5.41, 5.74) is 2.11. The van der Waals surface area contributed by atoms with Gasteiger partial charge in [-0.1, -0.05) is 6.07 Å². The summed E-state index contributed by atoms with van der Waals surface area (Å²) >= 11 is 0. The number of rotatable bonds is 2. The van der Waals surface area contributed by atoms with Crippen LogP contribution in [0.15, 0.2) is 47.2 Å². The predicted octanol–water partition coefficient (Wildman–Crippen LogP) is 2.23. The fraction of sp³-hybridized carbons (Fsp3) is 0.143. The van der Waals surface area contributed by atoms with Crippen molar-refractivity contribution < 1.29 is 9.21 Å². The van der Waals surface area contributed by atoms with E-state index in [0.717, 1.165) is 11.3 Å². The van der Waals surface area contributed by atoms with E-state index in [0.29, 0.717) is 18.8 Å². The molecule has 1 aliphatic heterocycles. The molecule has 4 nitrogen and oxygen atoms in total. The lowest BCUT2D eigenvalue weighted by molar-refractivity contribution is -0.126. The van der Waals surface area contributed by atoms with Gasteiger partial charge >= 0.3 is 0 Å². The molecule has 0 aliphatic carbocycles. The van der Waals surface area contributed by atoms with Gasteiger partial charge in [-0.3, -0.25) is 9.78 Å². The van der Waals surface area contributed by atoms with Crippen LogP contribution in [0.25, 0.3) is 6.08 Å². The van der Waals surface area contributed by atoms with Gasteiger partial charge in [0, 0.05) is 18.8 Å². The lowest BCUT2D eigenvalue weighted by Crippen LogP contribution is -2.23. The molecule has 0 aromatic carbocycles. The van der Waals surface area contributed by atoms with Crippen molar-refractivity contribution in [3.8, 4) is 0 Å². The fourth-order valence-corrected chi connectivity index (χ4v) is 2.00. The second kappa shape index (κ2) is 4.49. The molecule has 4 heteroatoms. The third-order valence-electron chi connectivity index (χ3n) is 2.93. The molecular weight excluding hydrogens is 228 g/mol. The van der Waals surface area contributed by atoms with Gasteiger partial charge in [0.25, 0.3) is 0 Å². The second-order valence-electron chi connectivity index (χ2n) is 4.15. The number of aromatic nitrogens is 1. The summed E-state index contributed by atoms with van der Waals surface area (Å²) in [5, 5.41) is 0. The number of pyridine rings is 1. The first-order valence-corrected chi connectivity index (χ1v) is 5.76. The molecular formula is C14H12N2O2. The maximum absolute atomic E-state index is 12.0. The minimum Gasteiger partial charge on any atom is -0.465 e. The Hall–Kier alpha value is -2.36. The Morgan fingerprint density at radius 1 is 1.33 bits per heavy atom. The first kappa shape index (κ1) is 10.8. The van der Waals surface area contributed by atoms with Crippen molar-refractivity contribution in [2.45, 2.75) is 13.1 Å². The quantitative estimate of drug-likeness (QED) is 0.756. The monoisotopic (exact) mass is 240 g/mol. The molecule has 0 atom stereocenters. The number of hydrogen-bond donors (Lipinski definition) is 0. The summed E-state index contributed by atoms with van der Waals surface area (Å²) in [6, 6.07) is 7.50. The number of amides is 1. The minimum atomic E-state index is -0.0237.